The number of rotatable bonds is 2. The summed E-state index contributed by atoms with van der Waals surface area (Å²) in [6, 6.07) is 19.1. The van der Waals surface area contributed by atoms with Gasteiger partial charge in [-0.25, -0.2) is 0 Å². The zero-order chi connectivity index (χ0) is 10.8. The lowest BCUT2D eigenvalue weighted by molar-refractivity contribution is -0.595. The van der Waals surface area contributed by atoms with Gasteiger partial charge in [0.15, 0.2) is 7.14 Å². The minimum atomic E-state index is -0.0984. The van der Waals surface area contributed by atoms with E-state index in [4.69, 9.17) is 0 Å². The molecule has 1 heterocycles. The summed E-state index contributed by atoms with van der Waals surface area (Å²) >= 11 is -0.0984. The SMILES string of the molecule is c1ccc([I+]c2c[n-]c3ccccc23)cc1. The molecule has 2 aromatic carbocycles. The quantitative estimate of drug-likeness (QED) is 0.603. The lowest BCUT2D eigenvalue weighted by Crippen LogP contribution is -3.61. The minimum Gasteiger partial charge on any atom is -0.660 e. The molecule has 0 atom stereocenters. The van der Waals surface area contributed by atoms with Gasteiger partial charge in [-0.3, -0.25) is 0 Å². The van der Waals surface area contributed by atoms with Gasteiger partial charge < -0.3 is 4.98 Å². The molecule has 1 aromatic heterocycles. The van der Waals surface area contributed by atoms with E-state index in [1.807, 2.05) is 12.3 Å². The molecule has 0 radical (unpaired) electrons. The zero-order valence-electron chi connectivity index (χ0n) is 8.60. The first-order chi connectivity index (χ1) is 7.93. The molecule has 16 heavy (non-hydrogen) atoms. The lowest BCUT2D eigenvalue weighted by Gasteiger charge is -1.93. The van der Waals surface area contributed by atoms with Gasteiger partial charge in [0.2, 0.25) is 0 Å². The predicted octanol–water partition coefficient (Wildman–Crippen LogP) is -0.0746. The molecule has 0 saturated heterocycles. The zero-order valence-corrected chi connectivity index (χ0v) is 10.8. The van der Waals surface area contributed by atoms with Crippen molar-refractivity contribution in [2.24, 2.45) is 0 Å². The molecule has 1 nitrogen and oxygen atoms in total. The Kier molecular flexibility index (Phi) is 2.66. The molecule has 0 saturated carbocycles. The van der Waals surface area contributed by atoms with Crippen molar-refractivity contribution in [3.8, 4) is 0 Å². The third-order valence-corrected chi connectivity index (χ3v) is 5.21. The monoisotopic (exact) mass is 319 g/mol. The average Bonchev–Trinajstić information content (AvgIpc) is 2.74. The lowest BCUT2D eigenvalue weighted by atomic mass is 10.3. The molecule has 0 bridgehead atoms. The highest BCUT2D eigenvalue weighted by Gasteiger charge is 2.15. The third-order valence-electron chi connectivity index (χ3n) is 2.42. The average molecular weight is 319 g/mol. The van der Waals surface area contributed by atoms with Crippen LogP contribution in [0.5, 0.6) is 0 Å². The van der Waals surface area contributed by atoms with Crippen LogP contribution in [0.15, 0.2) is 60.8 Å². The Morgan fingerprint density at radius 1 is 0.812 bits per heavy atom. The molecule has 0 spiro atoms. The van der Waals surface area contributed by atoms with Gasteiger partial charge in [0.05, 0.1) is 0 Å². The predicted molar refractivity (Wildman–Crippen MR) is 61.1 cm³/mol. The molecular formula is C14H10IN. The van der Waals surface area contributed by atoms with E-state index >= 15 is 0 Å². The molecule has 0 fully saturated rings. The van der Waals surface area contributed by atoms with Crippen molar-refractivity contribution < 1.29 is 21.2 Å². The summed E-state index contributed by atoms with van der Waals surface area (Å²) in [5, 5.41) is 1.32. The first-order valence-electron chi connectivity index (χ1n) is 5.14. The second-order valence-corrected chi connectivity index (χ2v) is 6.46. The molecule has 78 valence electrons. The van der Waals surface area contributed by atoms with E-state index in [1.165, 1.54) is 12.5 Å². The second kappa shape index (κ2) is 4.29. The summed E-state index contributed by atoms with van der Waals surface area (Å²) in [7, 11) is 0. The Labute approximate surface area is 105 Å². The highest BCUT2D eigenvalue weighted by Crippen LogP contribution is 2.09. The molecule has 2 heteroatoms. The maximum Gasteiger partial charge on any atom is 0.356 e. The van der Waals surface area contributed by atoms with E-state index < -0.39 is 0 Å². The van der Waals surface area contributed by atoms with Crippen LogP contribution in [-0.4, -0.2) is 0 Å². The smallest absolute Gasteiger partial charge is 0.356 e. The van der Waals surface area contributed by atoms with E-state index in [0.29, 0.717) is 0 Å². The number of para-hydroxylation sites is 1. The van der Waals surface area contributed by atoms with Crippen LogP contribution in [0.3, 0.4) is 0 Å². The standard InChI is InChI=1S/C14H10IN/c1-2-6-11(7-3-1)15-13-10-16-14-9-5-4-8-12(13)14/h1-10H. The van der Waals surface area contributed by atoms with Crippen molar-refractivity contribution in [1.29, 1.82) is 0 Å². The van der Waals surface area contributed by atoms with E-state index in [1.54, 1.807) is 0 Å². The Hall–Kier alpha value is -1.29. The van der Waals surface area contributed by atoms with Crippen LogP contribution in [0.2, 0.25) is 0 Å². The van der Waals surface area contributed by atoms with Crippen molar-refractivity contribution in [2.75, 3.05) is 0 Å². The van der Waals surface area contributed by atoms with Crippen LogP contribution >= 0.6 is 0 Å². The summed E-state index contributed by atoms with van der Waals surface area (Å²) in [5.41, 5.74) is 1.12. The first kappa shape index (κ1) is 9.90. The molecule has 3 rings (SSSR count). The van der Waals surface area contributed by atoms with E-state index in [-0.39, 0.29) is 21.2 Å². The van der Waals surface area contributed by atoms with Gasteiger partial charge >= 0.3 is 21.2 Å². The summed E-state index contributed by atoms with van der Waals surface area (Å²) in [5.74, 6) is 0. The molecule has 0 aliphatic heterocycles. The van der Waals surface area contributed by atoms with Gasteiger partial charge in [0.25, 0.3) is 0 Å². The van der Waals surface area contributed by atoms with Gasteiger partial charge in [-0.05, 0) is 12.1 Å². The van der Waals surface area contributed by atoms with Crippen molar-refractivity contribution in [1.82, 2.24) is 4.98 Å². The molecule has 0 aliphatic carbocycles. The van der Waals surface area contributed by atoms with Gasteiger partial charge in [-0.15, -0.1) is 11.7 Å². The van der Waals surface area contributed by atoms with Crippen LogP contribution in [0.1, 0.15) is 0 Å². The number of aromatic nitrogens is 1. The number of nitrogens with zero attached hydrogens (tertiary/aromatic N) is 1. The van der Waals surface area contributed by atoms with Gasteiger partial charge in [-0.1, -0.05) is 42.5 Å². The Morgan fingerprint density at radius 3 is 2.44 bits per heavy atom. The van der Waals surface area contributed by atoms with Gasteiger partial charge in [0, 0.05) is 5.39 Å². The third kappa shape index (κ3) is 1.85. The van der Waals surface area contributed by atoms with Crippen LogP contribution in [0.25, 0.3) is 10.9 Å². The van der Waals surface area contributed by atoms with E-state index in [2.05, 4.69) is 53.5 Å². The summed E-state index contributed by atoms with van der Waals surface area (Å²) in [4.78, 5) is 4.44. The fourth-order valence-electron chi connectivity index (χ4n) is 1.65. The van der Waals surface area contributed by atoms with Crippen LogP contribution in [-0.2, 0) is 0 Å². The number of halogens is 1. The molecule has 0 unspecified atom stereocenters. The fourth-order valence-corrected chi connectivity index (χ4v) is 4.13. The van der Waals surface area contributed by atoms with Gasteiger partial charge in [0.1, 0.15) is 0 Å². The number of benzene rings is 2. The summed E-state index contributed by atoms with van der Waals surface area (Å²) in [6.07, 6.45) is 2.03. The molecular weight excluding hydrogens is 309 g/mol. The van der Waals surface area contributed by atoms with E-state index in [0.717, 1.165) is 5.52 Å². The molecule has 3 aromatic rings. The van der Waals surface area contributed by atoms with Crippen molar-refractivity contribution in [3.05, 3.63) is 67.9 Å². The molecule has 0 amide bonds. The minimum absolute atomic E-state index is 0.0984. The van der Waals surface area contributed by atoms with Crippen LogP contribution in [0.4, 0.5) is 0 Å². The second-order valence-electron chi connectivity index (χ2n) is 3.51. The Balaban J connectivity index is 2.01. The highest BCUT2D eigenvalue weighted by molar-refractivity contribution is 5.78. The number of fused-ring (bicyclic) bond motifs is 1. The van der Waals surface area contributed by atoms with Crippen molar-refractivity contribution in [2.45, 2.75) is 0 Å². The van der Waals surface area contributed by atoms with Crippen LogP contribution in [0, 0.1) is 7.14 Å². The van der Waals surface area contributed by atoms with Gasteiger partial charge in [-0.2, -0.15) is 0 Å². The maximum atomic E-state index is 4.44. The maximum absolute atomic E-state index is 4.44. The topological polar surface area (TPSA) is 14.1 Å². The normalized spacial score (nSPS) is 10.8. The van der Waals surface area contributed by atoms with Crippen LogP contribution < -0.4 is 26.2 Å². The Morgan fingerprint density at radius 2 is 1.56 bits per heavy atom. The summed E-state index contributed by atoms with van der Waals surface area (Å²) in [6.45, 7) is 0. The van der Waals surface area contributed by atoms with Crippen molar-refractivity contribution in [3.63, 3.8) is 0 Å². The van der Waals surface area contributed by atoms with Crippen molar-refractivity contribution >= 4 is 10.9 Å². The molecule has 0 aliphatic rings. The highest BCUT2D eigenvalue weighted by atomic mass is 127. The first-order valence-corrected chi connectivity index (χ1v) is 7.29. The molecule has 0 N–H and O–H groups in total. The Bertz CT molecular complexity index is 598. The van der Waals surface area contributed by atoms with E-state index in [9.17, 15) is 0 Å². The fraction of sp³-hybridized carbons (Fsp3) is 0. The summed E-state index contributed by atoms with van der Waals surface area (Å²) < 4.78 is 2.86. The number of hydrogen-bond acceptors (Lipinski definition) is 0. The number of hydrogen-bond donors (Lipinski definition) is 0. The largest absolute Gasteiger partial charge is 0.660 e.